The molecule has 1 aromatic rings. The molecule has 1 aromatic heterocycles. The Hall–Kier alpha value is -1.56. The second-order valence-corrected chi connectivity index (χ2v) is 3.77. The Kier molecular flexibility index (Phi) is 4.30. The van der Waals surface area contributed by atoms with E-state index >= 15 is 0 Å². The van der Waals surface area contributed by atoms with Crippen molar-refractivity contribution < 1.29 is 9.47 Å². The summed E-state index contributed by atoms with van der Waals surface area (Å²) in [5.41, 5.74) is 2.43. The molecule has 0 aromatic carbocycles. The molecule has 6 heteroatoms. The fraction of sp³-hybridized carbons (Fsp3) is 0.600. The van der Waals surface area contributed by atoms with Crippen LogP contribution in [0.3, 0.4) is 0 Å². The summed E-state index contributed by atoms with van der Waals surface area (Å²) in [5.74, 6) is 6.91. The Morgan fingerprint density at radius 3 is 2.50 bits per heavy atom. The number of hydrogen-bond acceptors (Lipinski definition) is 6. The Balaban J connectivity index is 2.95. The zero-order valence-electron chi connectivity index (χ0n) is 10.0. The van der Waals surface area contributed by atoms with E-state index in [1.54, 1.807) is 0 Å². The molecule has 16 heavy (non-hydrogen) atoms. The van der Waals surface area contributed by atoms with Crippen molar-refractivity contribution in [1.82, 2.24) is 9.97 Å². The summed E-state index contributed by atoms with van der Waals surface area (Å²) in [5, 5.41) is 0. The maximum atomic E-state index is 5.67. The van der Waals surface area contributed by atoms with Gasteiger partial charge in [-0.3, -0.25) is 0 Å². The van der Waals surface area contributed by atoms with Crippen LogP contribution in [-0.4, -0.2) is 23.2 Å². The van der Waals surface area contributed by atoms with Gasteiger partial charge in [0.25, 0.3) is 5.88 Å². The van der Waals surface area contributed by atoms with Gasteiger partial charge in [-0.05, 0) is 12.8 Å². The fourth-order valence-corrected chi connectivity index (χ4v) is 1.04. The first kappa shape index (κ1) is 12.5. The van der Waals surface area contributed by atoms with Gasteiger partial charge in [-0.1, -0.05) is 13.8 Å². The summed E-state index contributed by atoms with van der Waals surface area (Å²) < 4.78 is 10.8. The highest BCUT2D eigenvalue weighted by Crippen LogP contribution is 2.31. The summed E-state index contributed by atoms with van der Waals surface area (Å²) in [6.07, 6.45) is 1.41. The zero-order valence-corrected chi connectivity index (χ0v) is 10.0. The smallest absolute Gasteiger partial charge is 0.262 e. The Bertz CT molecular complexity index is 344. The number of ether oxygens (including phenoxy) is 2. The molecule has 90 valence electrons. The number of rotatable bonds is 5. The third-order valence-electron chi connectivity index (χ3n) is 2.35. The molecule has 0 spiro atoms. The molecule has 1 atom stereocenters. The van der Waals surface area contributed by atoms with Crippen LogP contribution in [-0.2, 0) is 0 Å². The van der Waals surface area contributed by atoms with Gasteiger partial charge < -0.3 is 14.9 Å². The molecular weight excluding hydrogens is 208 g/mol. The summed E-state index contributed by atoms with van der Waals surface area (Å²) in [6.45, 7) is 6.11. The first-order valence-electron chi connectivity index (χ1n) is 5.12. The van der Waals surface area contributed by atoms with Gasteiger partial charge in [-0.15, -0.1) is 0 Å². The minimum absolute atomic E-state index is 0.0365. The summed E-state index contributed by atoms with van der Waals surface area (Å²) in [7, 11) is 1.52. The van der Waals surface area contributed by atoms with Crippen molar-refractivity contribution >= 4 is 5.82 Å². The highest BCUT2D eigenvalue weighted by molar-refractivity contribution is 5.54. The number of aromatic nitrogens is 2. The van der Waals surface area contributed by atoms with Crippen LogP contribution in [0.2, 0.25) is 0 Å². The number of nitrogens with one attached hydrogen (secondary N) is 1. The van der Waals surface area contributed by atoms with Crippen LogP contribution in [0.25, 0.3) is 0 Å². The van der Waals surface area contributed by atoms with Crippen molar-refractivity contribution in [2.75, 3.05) is 12.5 Å². The molecule has 1 heterocycles. The molecule has 6 nitrogen and oxygen atoms in total. The predicted molar refractivity (Wildman–Crippen MR) is 61.3 cm³/mol. The predicted octanol–water partition coefficient (Wildman–Crippen LogP) is 1.19. The number of hydrazine groups is 1. The first-order chi connectivity index (χ1) is 7.60. The molecule has 0 aliphatic heterocycles. The minimum atomic E-state index is 0.0365. The topological polar surface area (TPSA) is 82.3 Å². The van der Waals surface area contributed by atoms with E-state index in [0.29, 0.717) is 23.4 Å². The second kappa shape index (κ2) is 5.50. The van der Waals surface area contributed by atoms with Crippen LogP contribution in [0.5, 0.6) is 11.6 Å². The standard InChI is InChI=1S/C10H18N4O2/c1-6(2)7(3)16-10-8(15-4)9(14-11)12-5-13-10/h5-7H,11H2,1-4H3,(H,12,13,14). The van der Waals surface area contributed by atoms with E-state index < -0.39 is 0 Å². The largest absolute Gasteiger partial charge is 0.489 e. The lowest BCUT2D eigenvalue weighted by Crippen LogP contribution is -2.20. The molecule has 3 N–H and O–H groups in total. The number of hydrogen-bond donors (Lipinski definition) is 2. The molecule has 0 radical (unpaired) electrons. The number of nitrogens with zero attached hydrogens (tertiary/aromatic N) is 2. The number of anilines is 1. The number of nitrogens with two attached hydrogens (primary N) is 1. The van der Waals surface area contributed by atoms with Crippen LogP contribution < -0.4 is 20.7 Å². The van der Waals surface area contributed by atoms with Crippen molar-refractivity contribution in [3.8, 4) is 11.6 Å². The van der Waals surface area contributed by atoms with Crippen LogP contribution in [0, 0.1) is 5.92 Å². The highest BCUT2D eigenvalue weighted by Gasteiger charge is 2.16. The first-order valence-corrected chi connectivity index (χ1v) is 5.12. The van der Waals surface area contributed by atoms with Crippen molar-refractivity contribution in [1.29, 1.82) is 0 Å². The van der Waals surface area contributed by atoms with E-state index in [2.05, 4.69) is 29.2 Å². The molecule has 0 aliphatic rings. The molecule has 0 amide bonds. The molecule has 0 aliphatic carbocycles. The Morgan fingerprint density at radius 1 is 1.31 bits per heavy atom. The van der Waals surface area contributed by atoms with Crippen molar-refractivity contribution in [3.63, 3.8) is 0 Å². The van der Waals surface area contributed by atoms with Crippen molar-refractivity contribution in [2.45, 2.75) is 26.9 Å². The van der Waals surface area contributed by atoms with Crippen LogP contribution in [0.1, 0.15) is 20.8 Å². The van der Waals surface area contributed by atoms with E-state index in [1.807, 2.05) is 6.92 Å². The SMILES string of the molecule is COc1c(NN)ncnc1OC(C)C(C)C. The third kappa shape index (κ3) is 2.73. The maximum Gasteiger partial charge on any atom is 0.262 e. The summed E-state index contributed by atoms with van der Waals surface area (Å²) >= 11 is 0. The monoisotopic (exact) mass is 226 g/mol. The molecule has 0 fully saturated rings. The zero-order chi connectivity index (χ0) is 12.1. The molecule has 0 saturated heterocycles. The van der Waals surface area contributed by atoms with Gasteiger partial charge in [0.1, 0.15) is 12.4 Å². The van der Waals surface area contributed by atoms with E-state index in [4.69, 9.17) is 15.3 Å². The second-order valence-electron chi connectivity index (χ2n) is 3.77. The van der Waals surface area contributed by atoms with Gasteiger partial charge in [0.15, 0.2) is 5.82 Å². The highest BCUT2D eigenvalue weighted by atomic mass is 16.5. The Labute approximate surface area is 95.1 Å². The van der Waals surface area contributed by atoms with Gasteiger partial charge in [-0.25, -0.2) is 10.8 Å². The van der Waals surface area contributed by atoms with Gasteiger partial charge in [0.05, 0.1) is 7.11 Å². The summed E-state index contributed by atoms with van der Waals surface area (Å²) in [6, 6.07) is 0. The van der Waals surface area contributed by atoms with E-state index in [0.717, 1.165) is 0 Å². The maximum absolute atomic E-state index is 5.67. The molecule has 0 saturated carbocycles. The van der Waals surface area contributed by atoms with E-state index in [-0.39, 0.29) is 6.10 Å². The van der Waals surface area contributed by atoms with E-state index in [1.165, 1.54) is 13.4 Å². The van der Waals surface area contributed by atoms with Gasteiger partial charge in [0.2, 0.25) is 5.75 Å². The average molecular weight is 226 g/mol. The molecule has 0 bridgehead atoms. The number of nitrogen functional groups attached to an aromatic ring is 1. The van der Waals surface area contributed by atoms with Crippen LogP contribution in [0.15, 0.2) is 6.33 Å². The minimum Gasteiger partial charge on any atom is -0.489 e. The van der Waals surface area contributed by atoms with Gasteiger partial charge in [-0.2, -0.15) is 4.98 Å². The quantitative estimate of drug-likeness (QED) is 0.579. The lowest BCUT2D eigenvalue weighted by atomic mass is 10.1. The Morgan fingerprint density at radius 2 is 2.00 bits per heavy atom. The van der Waals surface area contributed by atoms with Crippen LogP contribution >= 0.6 is 0 Å². The lowest BCUT2D eigenvalue weighted by molar-refractivity contribution is 0.156. The molecular formula is C10H18N4O2. The van der Waals surface area contributed by atoms with Gasteiger partial charge >= 0.3 is 0 Å². The van der Waals surface area contributed by atoms with Crippen molar-refractivity contribution in [3.05, 3.63) is 6.33 Å². The fourth-order valence-electron chi connectivity index (χ4n) is 1.04. The summed E-state index contributed by atoms with van der Waals surface area (Å²) in [4.78, 5) is 7.96. The lowest BCUT2D eigenvalue weighted by Gasteiger charge is -2.19. The average Bonchev–Trinajstić information content (AvgIpc) is 2.28. The number of methoxy groups -OCH3 is 1. The molecule has 1 rings (SSSR count). The molecule has 1 unspecified atom stereocenters. The van der Waals surface area contributed by atoms with E-state index in [9.17, 15) is 0 Å². The van der Waals surface area contributed by atoms with Crippen molar-refractivity contribution in [2.24, 2.45) is 11.8 Å². The van der Waals surface area contributed by atoms with Crippen LogP contribution in [0.4, 0.5) is 5.82 Å². The normalized spacial score (nSPS) is 12.4. The third-order valence-corrected chi connectivity index (χ3v) is 2.35. The van der Waals surface area contributed by atoms with Gasteiger partial charge in [0, 0.05) is 0 Å².